The first-order valence-corrected chi connectivity index (χ1v) is 7.35. The smallest absolute Gasteiger partial charge is 0.157 e. The Hall–Kier alpha value is -1.42. The first kappa shape index (κ1) is 15.0. The van der Waals surface area contributed by atoms with Crippen molar-refractivity contribution in [1.29, 1.82) is 0 Å². The molecule has 2 N–H and O–H groups in total. The van der Waals surface area contributed by atoms with Gasteiger partial charge in [0.2, 0.25) is 0 Å². The maximum Gasteiger partial charge on any atom is 0.157 e. The Kier molecular flexibility index (Phi) is 4.43. The number of pyridine rings is 1. The molecule has 4 heteroatoms. The number of hydrogen-bond donors (Lipinski definition) is 1. The molecule has 0 amide bonds. The van der Waals surface area contributed by atoms with Crippen molar-refractivity contribution in [3.8, 4) is 0 Å². The molecular formula is C16H25N3O. The molecule has 0 spiro atoms. The lowest BCUT2D eigenvalue weighted by atomic mass is 9.72. The number of nitrogen functional groups attached to an aromatic ring is 1. The number of likely N-dealkylation sites (N-methyl/N-ethyl adjacent to an activating group) is 1. The second kappa shape index (κ2) is 5.92. The number of anilines is 1. The third-order valence-electron chi connectivity index (χ3n) is 4.64. The Balaban J connectivity index is 2.22. The molecule has 1 aliphatic rings. The van der Waals surface area contributed by atoms with Crippen LogP contribution in [0.25, 0.3) is 0 Å². The minimum atomic E-state index is -0.333. The predicted octanol–water partition coefficient (Wildman–Crippen LogP) is 2.29. The van der Waals surface area contributed by atoms with Crippen LogP contribution in [0.3, 0.4) is 0 Å². The first-order chi connectivity index (χ1) is 9.45. The predicted molar refractivity (Wildman–Crippen MR) is 81.4 cm³/mol. The summed E-state index contributed by atoms with van der Waals surface area (Å²) >= 11 is 0. The van der Waals surface area contributed by atoms with Crippen LogP contribution < -0.4 is 5.73 Å². The van der Waals surface area contributed by atoms with Crippen LogP contribution in [0.5, 0.6) is 0 Å². The van der Waals surface area contributed by atoms with E-state index in [-0.39, 0.29) is 11.3 Å². The number of aromatic nitrogens is 1. The molecule has 0 bridgehead atoms. The molecule has 1 aromatic heterocycles. The van der Waals surface area contributed by atoms with Crippen LogP contribution in [0.2, 0.25) is 0 Å². The molecule has 1 heterocycles. The number of nitrogens with zero attached hydrogens (tertiary/aromatic N) is 2. The Bertz CT molecular complexity index is 486. The number of Topliss-reactive ketones (excluding diaryl/α,β-unsaturated/α-hetero) is 1. The fourth-order valence-corrected chi connectivity index (χ4v) is 3.36. The molecule has 1 saturated carbocycles. The number of carbonyl (C=O) groups is 1. The summed E-state index contributed by atoms with van der Waals surface area (Å²) in [5.74, 6) is 0.870. The van der Waals surface area contributed by atoms with Gasteiger partial charge in [0.25, 0.3) is 0 Å². The summed E-state index contributed by atoms with van der Waals surface area (Å²) in [6, 6.07) is 1.76. The number of hydrogen-bond acceptors (Lipinski definition) is 4. The largest absolute Gasteiger partial charge is 0.398 e. The van der Waals surface area contributed by atoms with Crippen LogP contribution >= 0.6 is 0 Å². The van der Waals surface area contributed by atoms with Crippen molar-refractivity contribution in [1.82, 2.24) is 9.88 Å². The summed E-state index contributed by atoms with van der Waals surface area (Å²) < 4.78 is 0. The van der Waals surface area contributed by atoms with E-state index in [0.29, 0.717) is 18.0 Å². The van der Waals surface area contributed by atoms with Gasteiger partial charge in [-0.05, 0) is 38.9 Å². The van der Waals surface area contributed by atoms with Crippen molar-refractivity contribution >= 4 is 11.5 Å². The van der Waals surface area contributed by atoms with Crippen molar-refractivity contribution in [3.63, 3.8) is 0 Å². The molecule has 1 aromatic rings. The molecule has 0 saturated heterocycles. The van der Waals surface area contributed by atoms with E-state index < -0.39 is 0 Å². The van der Waals surface area contributed by atoms with Crippen LogP contribution in [0, 0.1) is 5.92 Å². The van der Waals surface area contributed by atoms with Crippen LogP contribution in [-0.2, 0) is 11.2 Å². The van der Waals surface area contributed by atoms with Crippen LogP contribution in [-0.4, -0.2) is 35.3 Å². The average molecular weight is 275 g/mol. The van der Waals surface area contributed by atoms with Gasteiger partial charge in [0.05, 0.1) is 5.54 Å². The molecule has 0 aliphatic heterocycles. The van der Waals surface area contributed by atoms with Crippen molar-refractivity contribution in [2.24, 2.45) is 5.92 Å². The van der Waals surface area contributed by atoms with Gasteiger partial charge in [-0.2, -0.15) is 0 Å². The zero-order chi connectivity index (χ0) is 14.8. The van der Waals surface area contributed by atoms with E-state index >= 15 is 0 Å². The SMILES string of the molecule is CC1CCCC(C(=O)Cc2cnccc2N)(N(C)C)C1. The summed E-state index contributed by atoms with van der Waals surface area (Å²) in [5, 5.41) is 0. The van der Waals surface area contributed by atoms with Gasteiger partial charge >= 0.3 is 0 Å². The van der Waals surface area contributed by atoms with Gasteiger partial charge in [0, 0.05) is 30.1 Å². The highest BCUT2D eigenvalue weighted by Gasteiger charge is 2.43. The highest BCUT2D eigenvalue weighted by molar-refractivity contribution is 5.91. The fraction of sp³-hybridized carbons (Fsp3) is 0.625. The molecule has 110 valence electrons. The van der Waals surface area contributed by atoms with E-state index in [1.165, 1.54) is 6.42 Å². The molecule has 20 heavy (non-hydrogen) atoms. The summed E-state index contributed by atoms with van der Waals surface area (Å²) in [7, 11) is 4.03. The average Bonchev–Trinajstić information content (AvgIpc) is 2.41. The highest BCUT2D eigenvalue weighted by atomic mass is 16.1. The minimum absolute atomic E-state index is 0.272. The topological polar surface area (TPSA) is 59.2 Å². The quantitative estimate of drug-likeness (QED) is 0.916. The lowest BCUT2D eigenvalue weighted by Crippen LogP contribution is -2.54. The van der Waals surface area contributed by atoms with Crippen molar-refractivity contribution in [3.05, 3.63) is 24.0 Å². The third kappa shape index (κ3) is 2.85. The first-order valence-electron chi connectivity index (χ1n) is 7.35. The highest BCUT2D eigenvalue weighted by Crippen LogP contribution is 2.37. The van der Waals surface area contributed by atoms with E-state index in [2.05, 4.69) is 16.8 Å². The molecule has 1 aliphatic carbocycles. The molecule has 1 fully saturated rings. The Labute approximate surface area is 121 Å². The summed E-state index contributed by atoms with van der Waals surface area (Å²) in [5.41, 5.74) is 7.11. The minimum Gasteiger partial charge on any atom is -0.398 e. The molecule has 0 radical (unpaired) electrons. The normalized spacial score (nSPS) is 26.7. The van der Waals surface area contributed by atoms with Gasteiger partial charge in [-0.1, -0.05) is 19.8 Å². The molecule has 2 atom stereocenters. The number of nitrogens with two attached hydrogens (primary N) is 1. The fourth-order valence-electron chi connectivity index (χ4n) is 3.36. The van der Waals surface area contributed by atoms with E-state index in [1.54, 1.807) is 18.5 Å². The second-order valence-corrected chi connectivity index (χ2v) is 6.30. The van der Waals surface area contributed by atoms with Crippen LogP contribution in [0.1, 0.15) is 38.2 Å². The van der Waals surface area contributed by atoms with Gasteiger partial charge in [0.1, 0.15) is 0 Å². The molecule has 0 aromatic carbocycles. The van der Waals surface area contributed by atoms with E-state index in [1.807, 2.05) is 14.1 Å². The second-order valence-electron chi connectivity index (χ2n) is 6.30. The molecule has 4 nitrogen and oxygen atoms in total. The van der Waals surface area contributed by atoms with Crippen LogP contribution in [0.15, 0.2) is 18.5 Å². The number of rotatable bonds is 4. The van der Waals surface area contributed by atoms with Gasteiger partial charge in [-0.15, -0.1) is 0 Å². The van der Waals surface area contributed by atoms with Gasteiger partial charge in [0.15, 0.2) is 5.78 Å². The third-order valence-corrected chi connectivity index (χ3v) is 4.64. The lowest BCUT2D eigenvalue weighted by Gasteiger charge is -2.44. The molecular weight excluding hydrogens is 250 g/mol. The molecule has 2 unspecified atom stereocenters. The van der Waals surface area contributed by atoms with E-state index in [0.717, 1.165) is 24.8 Å². The standard InChI is InChI=1S/C16H25N3O/c1-12-5-4-7-16(10-12,19(2)3)15(20)9-13-11-18-8-6-14(13)17/h6,8,11-12H,4-5,7,9-10H2,1-3H3,(H2,17,18). The maximum absolute atomic E-state index is 12.9. The van der Waals surface area contributed by atoms with E-state index in [9.17, 15) is 4.79 Å². The number of carbonyl (C=O) groups excluding carboxylic acids is 1. The maximum atomic E-state index is 12.9. The van der Waals surface area contributed by atoms with Crippen molar-refractivity contribution < 1.29 is 4.79 Å². The Morgan fingerprint density at radius 1 is 1.55 bits per heavy atom. The molecule has 2 rings (SSSR count). The summed E-state index contributed by atoms with van der Waals surface area (Å²) in [6.07, 6.45) is 7.98. The van der Waals surface area contributed by atoms with Crippen LogP contribution in [0.4, 0.5) is 5.69 Å². The number of ketones is 1. The van der Waals surface area contributed by atoms with E-state index in [4.69, 9.17) is 5.73 Å². The lowest BCUT2D eigenvalue weighted by molar-refractivity contribution is -0.132. The Morgan fingerprint density at radius 2 is 2.30 bits per heavy atom. The van der Waals surface area contributed by atoms with Gasteiger partial charge in [-0.25, -0.2) is 0 Å². The van der Waals surface area contributed by atoms with Crippen molar-refractivity contribution in [2.75, 3.05) is 19.8 Å². The zero-order valence-corrected chi connectivity index (χ0v) is 12.7. The van der Waals surface area contributed by atoms with Gasteiger partial charge in [-0.3, -0.25) is 14.7 Å². The summed E-state index contributed by atoms with van der Waals surface area (Å²) in [6.45, 7) is 2.24. The van der Waals surface area contributed by atoms with Gasteiger partial charge < -0.3 is 5.73 Å². The summed E-state index contributed by atoms with van der Waals surface area (Å²) in [4.78, 5) is 19.1. The zero-order valence-electron chi connectivity index (χ0n) is 12.7. The van der Waals surface area contributed by atoms with Crippen molar-refractivity contribution in [2.45, 2.75) is 44.6 Å². The monoisotopic (exact) mass is 275 g/mol. The Morgan fingerprint density at radius 3 is 2.90 bits per heavy atom.